The van der Waals surface area contributed by atoms with Gasteiger partial charge in [0.05, 0.1) is 12.7 Å². The van der Waals surface area contributed by atoms with Crippen molar-refractivity contribution in [3.63, 3.8) is 0 Å². The van der Waals surface area contributed by atoms with Crippen LogP contribution >= 0.6 is 0 Å². The molecular weight excluding hydrogens is 276 g/mol. The van der Waals surface area contributed by atoms with Crippen LogP contribution in [-0.4, -0.2) is 43.1 Å². The van der Waals surface area contributed by atoms with Gasteiger partial charge < -0.3 is 15.0 Å². The van der Waals surface area contributed by atoms with Crippen molar-refractivity contribution in [1.82, 2.24) is 10.2 Å². The van der Waals surface area contributed by atoms with E-state index >= 15 is 0 Å². The van der Waals surface area contributed by atoms with E-state index < -0.39 is 0 Å². The van der Waals surface area contributed by atoms with E-state index in [9.17, 15) is 4.79 Å². The number of ether oxygens (including phenoxy) is 1. The molecule has 0 unspecified atom stereocenters. The van der Waals surface area contributed by atoms with Gasteiger partial charge >= 0.3 is 0 Å². The molecule has 22 heavy (non-hydrogen) atoms. The molecule has 1 aliphatic heterocycles. The van der Waals surface area contributed by atoms with Gasteiger partial charge in [-0.05, 0) is 63.7 Å². The summed E-state index contributed by atoms with van der Waals surface area (Å²) in [5, 5.41) is 3.18. The summed E-state index contributed by atoms with van der Waals surface area (Å²) in [7, 11) is 1.60. The first-order valence-electron chi connectivity index (χ1n) is 8.46. The van der Waals surface area contributed by atoms with Crippen LogP contribution in [0.1, 0.15) is 48.9 Å². The number of carbonyl (C=O) groups is 1. The number of nitrogens with zero attached hydrogens (tertiary/aromatic N) is 1. The lowest BCUT2D eigenvalue weighted by molar-refractivity contribution is 0.0908. The standard InChI is InChI=1S/C18H26N2O2/c1-22-17-7-3-2-6-16(17)18(21)19-14-8-10-15(11-9-14)20-12-4-5-13-20/h2-3,6-7,14-15H,4-5,8-13H2,1H3,(H,19,21). The van der Waals surface area contributed by atoms with Gasteiger partial charge in [-0.2, -0.15) is 0 Å². The van der Waals surface area contributed by atoms with Gasteiger partial charge in [-0.3, -0.25) is 4.79 Å². The highest BCUT2D eigenvalue weighted by Gasteiger charge is 2.28. The fourth-order valence-electron chi connectivity index (χ4n) is 3.79. The molecule has 2 fully saturated rings. The smallest absolute Gasteiger partial charge is 0.255 e. The zero-order valence-corrected chi connectivity index (χ0v) is 13.4. The number of likely N-dealkylation sites (tertiary alicyclic amines) is 1. The molecule has 120 valence electrons. The first-order chi connectivity index (χ1) is 10.8. The summed E-state index contributed by atoms with van der Waals surface area (Å²) in [6.45, 7) is 2.53. The zero-order chi connectivity index (χ0) is 15.4. The largest absolute Gasteiger partial charge is 0.496 e. The van der Waals surface area contributed by atoms with Crippen LogP contribution in [0.5, 0.6) is 5.75 Å². The molecule has 0 bridgehead atoms. The highest BCUT2D eigenvalue weighted by atomic mass is 16.5. The van der Waals surface area contributed by atoms with E-state index in [2.05, 4.69) is 10.2 Å². The molecule has 1 aromatic rings. The molecule has 1 saturated heterocycles. The highest BCUT2D eigenvalue weighted by molar-refractivity contribution is 5.97. The molecule has 4 heteroatoms. The van der Waals surface area contributed by atoms with Crippen LogP contribution < -0.4 is 10.1 Å². The van der Waals surface area contributed by atoms with E-state index in [1.54, 1.807) is 7.11 Å². The molecule has 1 saturated carbocycles. The first kappa shape index (κ1) is 15.3. The molecular formula is C18H26N2O2. The molecule has 4 nitrogen and oxygen atoms in total. The monoisotopic (exact) mass is 302 g/mol. The van der Waals surface area contributed by atoms with E-state index in [0.29, 0.717) is 17.4 Å². The summed E-state index contributed by atoms with van der Waals surface area (Å²) in [5.74, 6) is 0.632. The summed E-state index contributed by atoms with van der Waals surface area (Å²) in [5.41, 5.74) is 0.631. The second-order valence-electron chi connectivity index (χ2n) is 6.42. The van der Waals surface area contributed by atoms with Gasteiger partial charge in [-0.15, -0.1) is 0 Å². The summed E-state index contributed by atoms with van der Waals surface area (Å²) >= 11 is 0. The molecule has 3 rings (SSSR count). The molecule has 1 heterocycles. The van der Waals surface area contributed by atoms with E-state index in [4.69, 9.17) is 4.74 Å². The number of methoxy groups -OCH3 is 1. The minimum atomic E-state index is -0.0120. The summed E-state index contributed by atoms with van der Waals surface area (Å²) in [6.07, 6.45) is 7.28. The van der Waals surface area contributed by atoms with Crippen LogP contribution in [0, 0.1) is 0 Å². The summed E-state index contributed by atoms with van der Waals surface area (Å²) in [6, 6.07) is 8.46. The van der Waals surface area contributed by atoms with Crippen molar-refractivity contribution in [1.29, 1.82) is 0 Å². The lowest BCUT2D eigenvalue weighted by Gasteiger charge is -2.34. The van der Waals surface area contributed by atoms with Crippen molar-refractivity contribution >= 4 is 5.91 Å². The molecule has 1 aliphatic carbocycles. The lowest BCUT2D eigenvalue weighted by Crippen LogP contribution is -2.43. The van der Waals surface area contributed by atoms with E-state index in [1.807, 2.05) is 24.3 Å². The molecule has 0 radical (unpaired) electrons. The van der Waals surface area contributed by atoms with Gasteiger partial charge in [0.2, 0.25) is 0 Å². The maximum Gasteiger partial charge on any atom is 0.255 e. The van der Waals surface area contributed by atoms with Crippen molar-refractivity contribution in [3.8, 4) is 5.75 Å². The molecule has 2 aliphatic rings. The Hall–Kier alpha value is -1.55. The van der Waals surface area contributed by atoms with E-state index in [-0.39, 0.29) is 5.91 Å². The van der Waals surface area contributed by atoms with Gasteiger partial charge in [-0.1, -0.05) is 12.1 Å². The Kier molecular flexibility index (Phi) is 4.98. The van der Waals surface area contributed by atoms with Crippen LogP contribution in [0.2, 0.25) is 0 Å². The predicted octanol–water partition coefficient (Wildman–Crippen LogP) is 2.83. The quantitative estimate of drug-likeness (QED) is 0.930. The number of para-hydroxylation sites is 1. The van der Waals surface area contributed by atoms with Gasteiger partial charge in [0.15, 0.2) is 0 Å². The van der Waals surface area contributed by atoms with Gasteiger partial charge in [0.25, 0.3) is 5.91 Å². The second kappa shape index (κ2) is 7.14. The minimum absolute atomic E-state index is 0.0120. The number of carbonyl (C=O) groups excluding carboxylic acids is 1. The van der Waals surface area contributed by atoms with Crippen molar-refractivity contribution < 1.29 is 9.53 Å². The van der Waals surface area contributed by atoms with Crippen molar-refractivity contribution in [3.05, 3.63) is 29.8 Å². The maximum atomic E-state index is 12.4. The highest BCUT2D eigenvalue weighted by Crippen LogP contribution is 2.26. The third-order valence-corrected chi connectivity index (χ3v) is 5.04. The SMILES string of the molecule is COc1ccccc1C(=O)NC1CCC(N2CCCC2)CC1. The maximum absolute atomic E-state index is 12.4. The number of hydrogen-bond acceptors (Lipinski definition) is 3. The molecule has 1 amide bonds. The Balaban J connectivity index is 1.53. The molecule has 1 N–H and O–H groups in total. The predicted molar refractivity (Wildman–Crippen MR) is 87.3 cm³/mol. The minimum Gasteiger partial charge on any atom is -0.496 e. The van der Waals surface area contributed by atoms with Crippen molar-refractivity contribution in [2.24, 2.45) is 0 Å². The number of nitrogens with one attached hydrogen (secondary N) is 1. The zero-order valence-electron chi connectivity index (χ0n) is 13.4. The Morgan fingerprint density at radius 2 is 1.82 bits per heavy atom. The summed E-state index contributed by atoms with van der Waals surface area (Å²) in [4.78, 5) is 15.1. The third kappa shape index (κ3) is 3.43. The third-order valence-electron chi connectivity index (χ3n) is 5.04. The molecule has 0 spiro atoms. The Labute approximate surface area is 132 Å². The van der Waals surface area contributed by atoms with Crippen LogP contribution in [0.25, 0.3) is 0 Å². The number of amides is 1. The lowest BCUT2D eigenvalue weighted by atomic mass is 9.90. The van der Waals surface area contributed by atoms with Crippen LogP contribution in [0.4, 0.5) is 0 Å². The number of benzene rings is 1. The molecule has 0 atom stereocenters. The van der Waals surface area contributed by atoms with Crippen molar-refractivity contribution in [2.45, 2.75) is 50.6 Å². The van der Waals surface area contributed by atoms with Crippen LogP contribution in [0.3, 0.4) is 0 Å². The van der Waals surface area contributed by atoms with Crippen molar-refractivity contribution in [2.75, 3.05) is 20.2 Å². The second-order valence-corrected chi connectivity index (χ2v) is 6.42. The average molecular weight is 302 g/mol. The van der Waals surface area contributed by atoms with Crippen LogP contribution in [0.15, 0.2) is 24.3 Å². The Morgan fingerprint density at radius 3 is 2.50 bits per heavy atom. The fourth-order valence-corrected chi connectivity index (χ4v) is 3.79. The normalized spacial score (nSPS) is 25.9. The Morgan fingerprint density at radius 1 is 1.14 bits per heavy atom. The van der Waals surface area contributed by atoms with Gasteiger partial charge in [0, 0.05) is 12.1 Å². The summed E-state index contributed by atoms with van der Waals surface area (Å²) < 4.78 is 5.27. The topological polar surface area (TPSA) is 41.6 Å². The molecule has 0 aromatic heterocycles. The van der Waals surface area contributed by atoms with Gasteiger partial charge in [0.1, 0.15) is 5.75 Å². The Bertz CT molecular complexity index is 504. The molecule has 1 aromatic carbocycles. The van der Waals surface area contributed by atoms with E-state index in [0.717, 1.165) is 18.9 Å². The van der Waals surface area contributed by atoms with Gasteiger partial charge in [-0.25, -0.2) is 0 Å². The van der Waals surface area contributed by atoms with Crippen LogP contribution in [-0.2, 0) is 0 Å². The fraction of sp³-hybridized carbons (Fsp3) is 0.611. The average Bonchev–Trinajstić information content (AvgIpc) is 3.10. The van der Waals surface area contributed by atoms with E-state index in [1.165, 1.54) is 38.8 Å². The number of hydrogen-bond donors (Lipinski definition) is 1. The number of rotatable bonds is 4. The first-order valence-corrected chi connectivity index (χ1v) is 8.46.